The zero-order chi connectivity index (χ0) is 20.2. The Bertz CT molecular complexity index is 853. The monoisotopic (exact) mass is 382 g/mol. The Morgan fingerprint density at radius 1 is 1.14 bits per heavy atom. The number of amides is 3. The Kier molecular flexibility index (Phi) is 4.32. The standard InChI is InChI=1S/C22H26N2O4/c1-22(2,3)14-7-8-16(28-4)15(10-14)23-17(25)11-24-20(26)18-12-5-6-13(9-12)19(18)21(24)27/h5-8,10,12-13,18-19H,9,11H2,1-4H3,(H,23,25). The number of benzene rings is 1. The average Bonchev–Trinajstić information content (AvgIpc) is 3.31. The number of nitrogens with one attached hydrogen (secondary N) is 1. The summed E-state index contributed by atoms with van der Waals surface area (Å²) in [6.45, 7) is 6.00. The van der Waals surface area contributed by atoms with Gasteiger partial charge >= 0.3 is 0 Å². The first-order valence-corrected chi connectivity index (χ1v) is 9.72. The molecule has 4 unspecified atom stereocenters. The average molecular weight is 382 g/mol. The molecule has 1 heterocycles. The number of anilines is 1. The van der Waals surface area contributed by atoms with E-state index in [4.69, 9.17) is 4.74 Å². The van der Waals surface area contributed by atoms with Gasteiger partial charge in [-0.3, -0.25) is 19.3 Å². The number of fused-ring (bicyclic) bond motifs is 5. The van der Waals surface area contributed by atoms with Gasteiger partial charge < -0.3 is 10.1 Å². The first-order chi connectivity index (χ1) is 13.2. The molecule has 4 atom stereocenters. The molecule has 1 aliphatic heterocycles. The third-order valence-corrected chi connectivity index (χ3v) is 6.20. The molecular formula is C22H26N2O4. The van der Waals surface area contributed by atoms with Crippen molar-refractivity contribution in [1.82, 2.24) is 4.90 Å². The van der Waals surface area contributed by atoms with Crippen molar-refractivity contribution in [2.24, 2.45) is 23.7 Å². The van der Waals surface area contributed by atoms with Gasteiger partial charge in [0, 0.05) is 0 Å². The van der Waals surface area contributed by atoms with Crippen molar-refractivity contribution in [3.05, 3.63) is 35.9 Å². The van der Waals surface area contributed by atoms with Crippen molar-refractivity contribution >= 4 is 23.4 Å². The predicted octanol–water partition coefficient (Wildman–Crippen LogP) is 2.74. The summed E-state index contributed by atoms with van der Waals surface area (Å²) in [5.74, 6) is -0.560. The lowest BCUT2D eigenvalue weighted by Crippen LogP contribution is -2.39. The van der Waals surface area contributed by atoms with Crippen LogP contribution in [0.2, 0.25) is 0 Å². The molecule has 3 aliphatic rings. The quantitative estimate of drug-likeness (QED) is 0.642. The molecule has 6 nitrogen and oxygen atoms in total. The number of hydrogen-bond acceptors (Lipinski definition) is 4. The highest BCUT2D eigenvalue weighted by molar-refractivity contribution is 6.09. The Hall–Kier alpha value is -2.63. The zero-order valence-corrected chi connectivity index (χ0v) is 16.7. The fourth-order valence-electron chi connectivity index (χ4n) is 4.73. The third kappa shape index (κ3) is 2.91. The molecule has 2 fully saturated rings. The van der Waals surface area contributed by atoms with Crippen LogP contribution in [0.4, 0.5) is 5.69 Å². The van der Waals surface area contributed by atoms with E-state index in [9.17, 15) is 14.4 Å². The molecule has 2 aliphatic carbocycles. The summed E-state index contributed by atoms with van der Waals surface area (Å²) in [5.41, 5.74) is 1.51. The largest absolute Gasteiger partial charge is 0.495 e. The molecule has 148 valence electrons. The van der Waals surface area contributed by atoms with Crippen molar-refractivity contribution in [3.8, 4) is 5.75 Å². The van der Waals surface area contributed by atoms with Crippen LogP contribution in [0.15, 0.2) is 30.4 Å². The van der Waals surface area contributed by atoms with Gasteiger partial charge in [0.05, 0.1) is 24.6 Å². The number of hydrogen-bond donors (Lipinski definition) is 1. The van der Waals surface area contributed by atoms with Crippen LogP contribution < -0.4 is 10.1 Å². The topological polar surface area (TPSA) is 75.7 Å². The number of allylic oxidation sites excluding steroid dienone is 2. The summed E-state index contributed by atoms with van der Waals surface area (Å²) in [5, 5.41) is 2.82. The molecule has 1 saturated carbocycles. The third-order valence-electron chi connectivity index (χ3n) is 6.20. The fraction of sp³-hybridized carbons (Fsp3) is 0.500. The zero-order valence-electron chi connectivity index (χ0n) is 16.7. The number of imide groups is 1. The van der Waals surface area contributed by atoms with Gasteiger partial charge in [-0.15, -0.1) is 0 Å². The molecule has 4 rings (SSSR count). The van der Waals surface area contributed by atoms with Crippen LogP contribution >= 0.6 is 0 Å². The highest BCUT2D eigenvalue weighted by atomic mass is 16.5. The van der Waals surface area contributed by atoms with Crippen LogP contribution in [0.5, 0.6) is 5.75 Å². The fourth-order valence-corrected chi connectivity index (χ4v) is 4.73. The minimum absolute atomic E-state index is 0.0869. The van der Waals surface area contributed by atoms with Crippen molar-refractivity contribution in [1.29, 1.82) is 0 Å². The van der Waals surface area contributed by atoms with Gasteiger partial charge in [0.1, 0.15) is 12.3 Å². The Morgan fingerprint density at radius 3 is 2.29 bits per heavy atom. The first kappa shape index (κ1) is 18.7. The van der Waals surface area contributed by atoms with Gasteiger partial charge in [-0.05, 0) is 41.4 Å². The lowest BCUT2D eigenvalue weighted by molar-refractivity contribution is -0.143. The number of ether oxygens (including phenoxy) is 1. The van der Waals surface area contributed by atoms with E-state index in [2.05, 4.69) is 26.1 Å². The highest BCUT2D eigenvalue weighted by Gasteiger charge is 2.59. The molecule has 0 aromatic heterocycles. The molecule has 3 amide bonds. The van der Waals surface area contributed by atoms with E-state index in [0.29, 0.717) is 11.4 Å². The van der Waals surface area contributed by atoms with Gasteiger partial charge in [0.2, 0.25) is 17.7 Å². The molecule has 1 aromatic rings. The lowest BCUT2D eigenvalue weighted by Gasteiger charge is -2.22. The van der Waals surface area contributed by atoms with E-state index in [1.54, 1.807) is 7.11 Å². The van der Waals surface area contributed by atoms with Crippen molar-refractivity contribution in [2.45, 2.75) is 32.6 Å². The Morgan fingerprint density at radius 2 is 1.75 bits per heavy atom. The number of likely N-dealkylation sites (tertiary alicyclic amines) is 1. The summed E-state index contributed by atoms with van der Waals surface area (Å²) in [6.07, 6.45) is 4.97. The summed E-state index contributed by atoms with van der Waals surface area (Å²) < 4.78 is 5.35. The van der Waals surface area contributed by atoms with Gasteiger partial charge in [0.25, 0.3) is 0 Å². The number of nitrogens with zero attached hydrogens (tertiary/aromatic N) is 1. The number of rotatable bonds is 4. The number of carbonyl (C=O) groups excluding carboxylic acids is 3. The minimum atomic E-state index is -0.397. The Balaban J connectivity index is 1.50. The van der Waals surface area contributed by atoms with Crippen LogP contribution in [-0.2, 0) is 19.8 Å². The van der Waals surface area contributed by atoms with Crippen LogP contribution in [0.1, 0.15) is 32.8 Å². The second kappa shape index (κ2) is 6.47. The van der Waals surface area contributed by atoms with E-state index in [-0.39, 0.29) is 47.4 Å². The van der Waals surface area contributed by atoms with Crippen LogP contribution in [0.25, 0.3) is 0 Å². The summed E-state index contributed by atoms with van der Waals surface area (Å²) >= 11 is 0. The van der Waals surface area contributed by atoms with E-state index in [1.807, 2.05) is 30.4 Å². The Labute approximate surface area is 164 Å². The van der Waals surface area contributed by atoms with Crippen molar-refractivity contribution in [2.75, 3.05) is 19.0 Å². The molecule has 6 heteroatoms. The molecule has 0 radical (unpaired) electrons. The van der Waals surface area contributed by atoms with Crippen LogP contribution in [0, 0.1) is 23.7 Å². The smallest absolute Gasteiger partial charge is 0.244 e. The summed E-state index contributed by atoms with van der Waals surface area (Å²) in [7, 11) is 1.54. The van der Waals surface area contributed by atoms with Crippen LogP contribution in [-0.4, -0.2) is 36.3 Å². The first-order valence-electron chi connectivity index (χ1n) is 9.72. The molecule has 0 spiro atoms. The molecule has 2 bridgehead atoms. The molecular weight excluding hydrogens is 356 g/mol. The van der Waals surface area contributed by atoms with E-state index in [1.165, 1.54) is 0 Å². The lowest BCUT2D eigenvalue weighted by atomic mass is 9.85. The highest BCUT2D eigenvalue weighted by Crippen LogP contribution is 2.52. The maximum atomic E-state index is 12.8. The van der Waals surface area contributed by atoms with Crippen LogP contribution in [0.3, 0.4) is 0 Å². The maximum Gasteiger partial charge on any atom is 0.244 e. The van der Waals surface area contributed by atoms with Gasteiger partial charge in [-0.1, -0.05) is 39.0 Å². The van der Waals surface area contributed by atoms with E-state index < -0.39 is 5.91 Å². The normalized spacial score (nSPS) is 28.1. The molecule has 28 heavy (non-hydrogen) atoms. The van der Waals surface area contributed by atoms with Gasteiger partial charge in [-0.2, -0.15) is 0 Å². The van der Waals surface area contributed by atoms with Gasteiger partial charge in [0.15, 0.2) is 0 Å². The predicted molar refractivity (Wildman–Crippen MR) is 105 cm³/mol. The minimum Gasteiger partial charge on any atom is -0.495 e. The number of methoxy groups -OCH3 is 1. The molecule has 1 saturated heterocycles. The van der Waals surface area contributed by atoms with E-state index in [0.717, 1.165) is 16.9 Å². The van der Waals surface area contributed by atoms with Gasteiger partial charge in [-0.25, -0.2) is 0 Å². The number of carbonyl (C=O) groups is 3. The summed E-state index contributed by atoms with van der Waals surface area (Å²) in [4.78, 5) is 39.3. The second-order valence-electron chi connectivity index (χ2n) is 8.98. The second-order valence-corrected chi connectivity index (χ2v) is 8.98. The van der Waals surface area contributed by atoms with Crippen molar-refractivity contribution < 1.29 is 19.1 Å². The molecule has 1 N–H and O–H groups in total. The SMILES string of the molecule is COc1ccc(C(C)(C)C)cc1NC(=O)CN1C(=O)C2C3C=CC(C3)C2C1=O. The summed E-state index contributed by atoms with van der Waals surface area (Å²) in [6, 6.07) is 5.66. The molecule has 1 aromatic carbocycles. The van der Waals surface area contributed by atoms with Crippen molar-refractivity contribution in [3.63, 3.8) is 0 Å². The maximum absolute atomic E-state index is 12.8. The van der Waals surface area contributed by atoms with E-state index >= 15 is 0 Å².